The van der Waals surface area contributed by atoms with Crippen LogP contribution in [0.2, 0.25) is 5.02 Å². The Morgan fingerprint density at radius 3 is 2.68 bits per heavy atom. The largest absolute Gasteiger partial charge is 0.507 e. The average Bonchev–Trinajstić information content (AvgIpc) is 3.16. The number of amides is 1. The van der Waals surface area contributed by atoms with Crippen molar-refractivity contribution in [1.29, 1.82) is 0 Å². The summed E-state index contributed by atoms with van der Waals surface area (Å²) in [4.78, 5) is 23.9. The van der Waals surface area contributed by atoms with Crippen LogP contribution in [0.4, 0.5) is 0 Å². The van der Waals surface area contributed by atoms with Crippen LogP contribution in [0.3, 0.4) is 0 Å². The lowest BCUT2D eigenvalue weighted by molar-refractivity contribution is 0.0601. The van der Waals surface area contributed by atoms with E-state index in [0.717, 1.165) is 0 Å². The molecule has 2 N–H and O–H groups in total. The summed E-state index contributed by atoms with van der Waals surface area (Å²) in [5.74, 6) is -0.510. The monoisotopic (exact) mass is 398 g/mol. The molecule has 7 nitrogen and oxygen atoms in total. The third kappa shape index (κ3) is 4.21. The number of esters is 1. The summed E-state index contributed by atoms with van der Waals surface area (Å²) in [7, 11) is 1.29. The molecule has 3 rings (SSSR count). The van der Waals surface area contributed by atoms with Gasteiger partial charge in [-0.25, -0.2) is 10.2 Å². The van der Waals surface area contributed by atoms with Gasteiger partial charge >= 0.3 is 5.97 Å². The fourth-order valence-electron chi connectivity index (χ4n) is 2.46. The molecule has 0 bridgehead atoms. The van der Waals surface area contributed by atoms with Crippen molar-refractivity contribution in [3.05, 3.63) is 76.5 Å². The standard InChI is InChI=1S/C20H15ClN2O5/c1-27-20(26)14-8-6-12(21)10-16(14)18-9-7-13(28-18)11-22-23-19(25)15-4-2-3-5-17(15)24/h2-11,24H,1H3,(H,23,25)/b22-11-. The van der Waals surface area contributed by atoms with E-state index in [0.29, 0.717) is 27.7 Å². The summed E-state index contributed by atoms with van der Waals surface area (Å²) in [5, 5.41) is 13.9. The predicted octanol–water partition coefficient (Wildman–Crippen LogP) is 3.86. The Balaban J connectivity index is 1.77. The summed E-state index contributed by atoms with van der Waals surface area (Å²) in [6, 6.07) is 14.1. The molecular weight excluding hydrogens is 384 g/mol. The average molecular weight is 399 g/mol. The zero-order valence-corrected chi connectivity index (χ0v) is 15.4. The van der Waals surface area contributed by atoms with Gasteiger partial charge in [-0.3, -0.25) is 4.79 Å². The highest BCUT2D eigenvalue weighted by Gasteiger charge is 2.16. The number of furan rings is 1. The highest BCUT2D eigenvalue weighted by molar-refractivity contribution is 6.31. The van der Waals surface area contributed by atoms with Crippen molar-refractivity contribution < 1.29 is 23.8 Å². The van der Waals surface area contributed by atoms with Gasteiger partial charge in [0.05, 0.1) is 24.5 Å². The SMILES string of the molecule is COC(=O)c1ccc(Cl)cc1-c1ccc(/C=N\NC(=O)c2ccccc2O)o1. The van der Waals surface area contributed by atoms with Crippen molar-refractivity contribution >= 4 is 29.7 Å². The Bertz CT molecular complexity index is 1060. The molecule has 1 heterocycles. The predicted molar refractivity (Wildman–Crippen MR) is 104 cm³/mol. The number of phenols is 1. The van der Waals surface area contributed by atoms with E-state index in [2.05, 4.69) is 10.5 Å². The van der Waals surface area contributed by atoms with Crippen molar-refractivity contribution in [3.63, 3.8) is 0 Å². The maximum atomic E-state index is 12.0. The maximum absolute atomic E-state index is 12.0. The van der Waals surface area contributed by atoms with Gasteiger partial charge in [0.1, 0.15) is 17.3 Å². The zero-order chi connectivity index (χ0) is 20.1. The number of carbonyl (C=O) groups excluding carboxylic acids is 2. The molecule has 142 valence electrons. The van der Waals surface area contributed by atoms with Crippen molar-refractivity contribution in [3.8, 4) is 17.1 Å². The number of nitrogens with one attached hydrogen (secondary N) is 1. The van der Waals surface area contributed by atoms with Gasteiger partial charge in [-0.15, -0.1) is 0 Å². The van der Waals surface area contributed by atoms with Crippen molar-refractivity contribution in [2.24, 2.45) is 5.10 Å². The maximum Gasteiger partial charge on any atom is 0.338 e. The van der Waals surface area contributed by atoms with Gasteiger partial charge in [0, 0.05) is 10.6 Å². The lowest BCUT2D eigenvalue weighted by atomic mass is 10.1. The van der Waals surface area contributed by atoms with Gasteiger partial charge in [-0.05, 0) is 42.5 Å². The van der Waals surface area contributed by atoms with E-state index < -0.39 is 11.9 Å². The summed E-state index contributed by atoms with van der Waals surface area (Å²) >= 11 is 6.02. The normalized spacial score (nSPS) is 10.8. The molecule has 0 unspecified atom stereocenters. The highest BCUT2D eigenvalue weighted by Crippen LogP contribution is 2.29. The molecule has 2 aromatic carbocycles. The number of hydrogen-bond acceptors (Lipinski definition) is 6. The van der Waals surface area contributed by atoms with Gasteiger partial charge in [-0.2, -0.15) is 5.10 Å². The number of ether oxygens (including phenoxy) is 1. The molecular formula is C20H15ClN2O5. The number of carbonyl (C=O) groups is 2. The van der Waals surface area contributed by atoms with Crippen LogP contribution in [-0.2, 0) is 4.74 Å². The van der Waals surface area contributed by atoms with E-state index in [1.54, 1.807) is 42.5 Å². The number of hydrogen-bond donors (Lipinski definition) is 2. The number of halogens is 1. The van der Waals surface area contributed by atoms with Crippen LogP contribution < -0.4 is 5.43 Å². The molecule has 0 atom stereocenters. The Morgan fingerprint density at radius 2 is 1.93 bits per heavy atom. The zero-order valence-electron chi connectivity index (χ0n) is 14.7. The quantitative estimate of drug-likeness (QED) is 0.386. The molecule has 28 heavy (non-hydrogen) atoms. The van der Waals surface area contributed by atoms with E-state index in [1.807, 2.05) is 0 Å². The first-order valence-electron chi connectivity index (χ1n) is 8.09. The number of aromatic hydroxyl groups is 1. The molecule has 0 aliphatic rings. The number of hydrazone groups is 1. The van der Waals surface area contributed by atoms with Gasteiger partial charge in [0.25, 0.3) is 5.91 Å². The van der Waals surface area contributed by atoms with Crippen molar-refractivity contribution in [2.45, 2.75) is 0 Å². The van der Waals surface area contributed by atoms with Crippen LogP contribution in [0.15, 0.2) is 64.1 Å². The van der Waals surface area contributed by atoms with Crippen molar-refractivity contribution in [2.75, 3.05) is 7.11 Å². The number of phenolic OH excluding ortho intramolecular Hbond substituents is 1. The smallest absolute Gasteiger partial charge is 0.338 e. The van der Waals surface area contributed by atoms with Crippen LogP contribution in [0, 0.1) is 0 Å². The van der Waals surface area contributed by atoms with E-state index in [9.17, 15) is 14.7 Å². The highest BCUT2D eigenvalue weighted by atomic mass is 35.5. The second-order valence-corrected chi connectivity index (χ2v) is 6.04. The minimum Gasteiger partial charge on any atom is -0.507 e. The molecule has 0 saturated carbocycles. The van der Waals surface area contributed by atoms with Crippen LogP contribution in [0.1, 0.15) is 26.5 Å². The Morgan fingerprint density at radius 1 is 1.14 bits per heavy atom. The molecule has 0 aliphatic heterocycles. The third-order valence-electron chi connectivity index (χ3n) is 3.79. The second-order valence-electron chi connectivity index (χ2n) is 5.60. The fourth-order valence-corrected chi connectivity index (χ4v) is 2.63. The Kier molecular flexibility index (Phi) is 5.76. The fraction of sp³-hybridized carbons (Fsp3) is 0.0500. The lowest BCUT2D eigenvalue weighted by Gasteiger charge is -2.06. The Labute approximate surface area is 165 Å². The first kappa shape index (κ1) is 19.2. The van der Waals surface area contributed by atoms with Crippen LogP contribution >= 0.6 is 11.6 Å². The molecule has 0 saturated heterocycles. The second kappa shape index (κ2) is 8.41. The molecule has 3 aromatic rings. The first-order chi connectivity index (χ1) is 13.5. The van der Waals surface area contributed by atoms with E-state index in [1.165, 1.54) is 25.5 Å². The lowest BCUT2D eigenvalue weighted by Crippen LogP contribution is -2.17. The summed E-state index contributed by atoms with van der Waals surface area (Å²) in [6.07, 6.45) is 1.30. The summed E-state index contributed by atoms with van der Waals surface area (Å²) < 4.78 is 10.4. The number of rotatable bonds is 5. The minimum atomic E-state index is -0.566. The first-order valence-corrected chi connectivity index (χ1v) is 8.47. The summed E-state index contributed by atoms with van der Waals surface area (Å²) in [6.45, 7) is 0. The summed E-state index contributed by atoms with van der Waals surface area (Å²) in [5.41, 5.74) is 3.17. The van der Waals surface area contributed by atoms with E-state index in [-0.39, 0.29) is 11.3 Å². The van der Waals surface area contributed by atoms with E-state index in [4.69, 9.17) is 20.8 Å². The van der Waals surface area contributed by atoms with Gasteiger partial charge < -0.3 is 14.3 Å². The molecule has 8 heteroatoms. The molecule has 0 fully saturated rings. The topological polar surface area (TPSA) is 101 Å². The van der Waals surface area contributed by atoms with Crippen LogP contribution in [-0.4, -0.2) is 30.3 Å². The van der Waals surface area contributed by atoms with Gasteiger partial charge in [-0.1, -0.05) is 23.7 Å². The van der Waals surface area contributed by atoms with Crippen molar-refractivity contribution in [1.82, 2.24) is 5.43 Å². The third-order valence-corrected chi connectivity index (χ3v) is 4.02. The number of benzene rings is 2. The minimum absolute atomic E-state index is 0.0985. The van der Waals surface area contributed by atoms with Crippen LogP contribution in [0.25, 0.3) is 11.3 Å². The van der Waals surface area contributed by atoms with Gasteiger partial charge in [0.15, 0.2) is 0 Å². The number of methoxy groups -OCH3 is 1. The Hall–Kier alpha value is -3.58. The molecule has 0 radical (unpaired) electrons. The van der Waals surface area contributed by atoms with E-state index >= 15 is 0 Å². The molecule has 0 spiro atoms. The molecule has 0 aliphatic carbocycles. The number of nitrogens with zero attached hydrogens (tertiary/aromatic N) is 1. The molecule has 1 aromatic heterocycles. The van der Waals surface area contributed by atoms with Gasteiger partial charge in [0.2, 0.25) is 0 Å². The molecule has 1 amide bonds. The van der Waals surface area contributed by atoms with Crippen LogP contribution in [0.5, 0.6) is 5.75 Å². The number of para-hydroxylation sites is 1.